The van der Waals surface area contributed by atoms with E-state index < -0.39 is 22.1 Å². The molecule has 0 N–H and O–H groups in total. The Hall–Kier alpha value is -0.880. The minimum atomic E-state index is -5.20. The normalized spacial score (nSPS) is 11.3. The molecule has 1 aromatic carbocycles. The number of hydrogen-bond acceptors (Lipinski definition) is 3. The van der Waals surface area contributed by atoms with Gasteiger partial charge < -0.3 is 4.18 Å². The second-order valence-corrected chi connectivity index (χ2v) is 3.44. The Bertz CT molecular complexity index is 418. The molecule has 7 heteroatoms. The Balaban J connectivity index is 3.04. The summed E-state index contributed by atoms with van der Waals surface area (Å²) in [4.78, 5) is 0. The summed E-state index contributed by atoms with van der Waals surface area (Å²) < 4.78 is 48.2. The third kappa shape index (κ3) is 3.16. The lowest BCUT2D eigenvalue weighted by atomic mass is 10.3. The van der Waals surface area contributed by atoms with Gasteiger partial charge in [0.15, 0.2) is 11.6 Å². The molecule has 72 valence electrons. The molecule has 0 saturated heterocycles. The number of halogens is 3. The van der Waals surface area contributed by atoms with Crippen LogP contribution in [0.3, 0.4) is 0 Å². The smallest absolute Gasteiger partial charge is 0.355 e. The molecule has 13 heavy (non-hydrogen) atoms. The topological polar surface area (TPSA) is 43.4 Å². The highest BCUT2D eigenvalue weighted by atomic mass is 35.5. The van der Waals surface area contributed by atoms with E-state index in [-0.39, 0.29) is 5.02 Å². The molecule has 0 saturated carbocycles. The summed E-state index contributed by atoms with van der Waals surface area (Å²) in [5.74, 6) is -1.78. The summed E-state index contributed by atoms with van der Waals surface area (Å²) in [6.45, 7) is 0. The number of rotatable bonds is 2. The summed E-state index contributed by atoms with van der Waals surface area (Å²) in [6, 6.07) is 2.89. The van der Waals surface area contributed by atoms with Gasteiger partial charge in [-0.25, -0.2) is 4.39 Å². The maximum absolute atomic E-state index is 12.7. The first-order valence-corrected chi connectivity index (χ1v) is 4.66. The predicted molar refractivity (Wildman–Crippen MR) is 42.1 cm³/mol. The van der Waals surface area contributed by atoms with Crippen molar-refractivity contribution in [2.45, 2.75) is 0 Å². The van der Waals surface area contributed by atoms with Gasteiger partial charge in [0, 0.05) is 5.02 Å². The Morgan fingerprint density at radius 2 is 2.00 bits per heavy atom. The van der Waals surface area contributed by atoms with Crippen LogP contribution in [0.15, 0.2) is 18.2 Å². The standard InChI is InChI=1S/C6H3ClF2O3S/c7-4-1-2-6(5(8)3-4)12-13(9,10)11/h1-3H. The van der Waals surface area contributed by atoms with Crippen LogP contribution in [-0.4, -0.2) is 8.42 Å². The lowest BCUT2D eigenvalue weighted by molar-refractivity contribution is 0.423. The molecule has 1 rings (SSSR count). The van der Waals surface area contributed by atoms with Gasteiger partial charge in [0.25, 0.3) is 0 Å². The molecular formula is C6H3ClF2O3S. The molecule has 0 atom stereocenters. The summed E-state index contributed by atoms with van der Waals surface area (Å²) in [6.07, 6.45) is 0. The largest absolute Gasteiger partial charge is 0.488 e. The average molecular weight is 229 g/mol. The Morgan fingerprint density at radius 1 is 1.38 bits per heavy atom. The third-order valence-corrected chi connectivity index (χ3v) is 1.70. The van der Waals surface area contributed by atoms with Crippen molar-refractivity contribution in [3.8, 4) is 5.75 Å². The second kappa shape index (κ2) is 3.47. The Kier molecular flexibility index (Phi) is 2.72. The number of benzene rings is 1. The van der Waals surface area contributed by atoms with Gasteiger partial charge in [0.2, 0.25) is 0 Å². The highest BCUT2D eigenvalue weighted by Gasteiger charge is 2.13. The zero-order valence-electron chi connectivity index (χ0n) is 6.00. The first-order valence-electron chi connectivity index (χ1n) is 2.97. The van der Waals surface area contributed by atoms with Crippen LogP contribution in [-0.2, 0) is 10.5 Å². The third-order valence-electron chi connectivity index (χ3n) is 1.08. The fourth-order valence-corrected chi connectivity index (χ4v) is 1.16. The van der Waals surface area contributed by atoms with Crippen LogP contribution in [0.1, 0.15) is 0 Å². The van der Waals surface area contributed by atoms with Gasteiger partial charge in [-0.3, -0.25) is 0 Å². The molecule has 0 aliphatic rings. The van der Waals surface area contributed by atoms with Crippen molar-refractivity contribution in [1.82, 2.24) is 0 Å². The highest BCUT2D eigenvalue weighted by molar-refractivity contribution is 7.81. The van der Waals surface area contributed by atoms with Crippen molar-refractivity contribution in [3.63, 3.8) is 0 Å². The van der Waals surface area contributed by atoms with Crippen molar-refractivity contribution in [2.24, 2.45) is 0 Å². The van der Waals surface area contributed by atoms with E-state index in [1.807, 2.05) is 0 Å². The highest BCUT2D eigenvalue weighted by Crippen LogP contribution is 2.22. The summed E-state index contributed by atoms with van der Waals surface area (Å²) in [5, 5.41) is 0.0566. The molecule has 0 unspecified atom stereocenters. The fourth-order valence-electron chi connectivity index (χ4n) is 0.650. The minimum Gasteiger partial charge on any atom is -0.355 e. The van der Waals surface area contributed by atoms with Crippen molar-refractivity contribution in [2.75, 3.05) is 0 Å². The van der Waals surface area contributed by atoms with Gasteiger partial charge in [0.1, 0.15) is 0 Å². The first kappa shape index (κ1) is 10.2. The van der Waals surface area contributed by atoms with E-state index in [9.17, 15) is 16.7 Å². The van der Waals surface area contributed by atoms with E-state index in [2.05, 4.69) is 4.18 Å². The lowest BCUT2D eigenvalue weighted by Crippen LogP contribution is -2.02. The maximum Gasteiger partial charge on any atom is 0.488 e. The molecule has 0 aromatic heterocycles. The molecular weight excluding hydrogens is 226 g/mol. The molecule has 3 nitrogen and oxygen atoms in total. The molecule has 0 amide bonds. The van der Waals surface area contributed by atoms with Crippen LogP contribution in [0, 0.1) is 5.82 Å². The molecule has 0 radical (unpaired) electrons. The molecule has 0 aliphatic heterocycles. The molecule has 0 fully saturated rings. The van der Waals surface area contributed by atoms with E-state index in [0.717, 1.165) is 12.1 Å². The van der Waals surface area contributed by atoms with Crippen molar-refractivity contribution < 1.29 is 20.9 Å². The average Bonchev–Trinajstić information content (AvgIpc) is 1.93. The molecule has 0 aliphatic carbocycles. The van der Waals surface area contributed by atoms with Gasteiger partial charge >= 0.3 is 10.5 Å². The van der Waals surface area contributed by atoms with Gasteiger partial charge in [-0.15, -0.1) is 0 Å². The summed E-state index contributed by atoms with van der Waals surface area (Å²) >= 11 is 5.35. The summed E-state index contributed by atoms with van der Waals surface area (Å²) in [7, 11) is -5.20. The van der Waals surface area contributed by atoms with Crippen LogP contribution < -0.4 is 4.18 Å². The zero-order chi connectivity index (χ0) is 10.1. The Morgan fingerprint density at radius 3 is 2.46 bits per heavy atom. The van der Waals surface area contributed by atoms with E-state index in [1.54, 1.807) is 0 Å². The van der Waals surface area contributed by atoms with Crippen LogP contribution in [0.4, 0.5) is 8.28 Å². The lowest BCUT2D eigenvalue weighted by Gasteiger charge is -2.00. The van der Waals surface area contributed by atoms with Crippen molar-refractivity contribution in [3.05, 3.63) is 29.0 Å². The van der Waals surface area contributed by atoms with Crippen LogP contribution >= 0.6 is 11.6 Å². The van der Waals surface area contributed by atoms with Gasteiger partial charge in [-0.1, -0.05) is 15.5 Å². The SMILES string of the molecule is O=S(=O)(F)Oc1ccc(Cl)cc1F. The van der Waals surface area contributed by atoms with Crippen molar-refractivity contribution in [1.29, 1.82) is 0 Å². The molecule has 0 heterocycles. The first-order chi connectivity index (χ1) is 5.88. The van der Waals surface area contributed by atoms with Crippen LogP contribution in [0.25, 0.3) is 0 Å². The fraction of sp³-hybridized carbons (Fsp3) is 0. The quantitative estimate of drug-likeness (QED) is 0.728. The van der Waals surface area contributed by atoms with Gasteiger partial charge in [-0.2, -0.15) is 8.42 Å². The predicted octanol–water partition coefficient (Wildman–Crippen LogP) is 2.07. The minimum absolute atomic E-state index is 0.0566. The monoisotopic (exact) mass is 228 g/mol. The Labute approximate surface area is 78.3 Å². The van der Waals surface area contributed by atoms with E-state index in [4.69, 9.17) is 11.6 Å². The second-order valence-electron chi connectivity index (χ2n) is 2.05. The summed E-state index contributed by atoms with van der Waals surface area (Å²) in [5.41, 5.74) is 0. The molecule has 0 bridgehead atoms. The molecule has 0 spiro atoms. The van der Waals surface area contributed by atoms with Crippen molar-refractivity contribution >= 4 is 22.1 Å². The van der Waals surface area contributed by atoms with Gasteiger partial charge in [0.05, 0.1) is 0 Å². The van der Waals surface area contributed by atoms with E-state index in [0.29, 0.717) is 0 Å². The van der Waals surface area contributed by atoms with E-state index in [1.165, 1.54) is 6.07 Å². The van der Waals surface area contributed by atoms with Crippen LogP contribution in [0.2, 0.25) is 5.02 Å². The molecule has 1 aromatic rings. The van der Waals surface area contributed by atoms with Gasteiger partial charge in [-0.05, 0) is 18.2 Å². The zero-order valence-corrected chi connectivity index (χ0v) is 7.57. The maximum atomic E-state index is 12.7. The number of hydrogen-bond donors (Lipinski definition) is 0. The van der Waals surface area contributed by atoms with E-state index >= 15 is 0 Å². The van der Waals surface area contributed by atoms with Crippen LogP contribution in [0.5, 0.6) is 5.75 Å².